The molecular weight excluding hydrogens is 166 g/mol. The number of hydrogen-bond acceptors (Lipinski definition) is 1. The second kappa shape index (κ2) is 3.54. The van der Waals surface area contributed by atoms with Crippen LogP contribution in [0, 0.1) is 0 Å². The molecule has 0 atom stereocenters. The van der Waals surface area contributed by atoms with Gasteiger partial charge in [0.05, 0.1) is 0 Å². The molecule has 0 aromatic heterocycles. The lowest BCUT2D eigenvalue weighted by atomic mass is 10.3. The summed E-state index contributed by atoms with van der Waals surface area (Å²) < 4.78 is 0.270. The largest absolute Gasteiger partial charge is 0.337 e. The molecule has 0 saturated carbocycles. The zero-order valence-corrected chi connectivity index (χ0v) is 6.75. The molecule has 1 N–H and O–H groups in total. The average Bonchev–Trinajstić information content (AvgIpc) is 1.88. The quantitative estimate of drug-likeness (QED) is 0.396. The van der Waals surface area contributed by atoms with Gasteiger partial charge < -0.3 is 5.32 Å². The first-order valence-electron chi connectivity index (χ1n) is 2.80. The molecule has 1 aromatic carbocycles. The molecule has 1 nitrogen and oxygen atoms in total. The molecule has 0 aliphatic heterocycles. The highest BCUT2D eigenvalue weighted by Crippen LogP contribution is 2.05. The summed E-state index contributed by atoms with van der Waals surface area (Å²) in [4.78, 5) is 0. The fourth-order valence-corrected chi connectivity index (χ4v) is 0.862. The van der Waals surface area contributed by atoms with Gasteiger partial charge in [-0.3, -0.25) is 0 Å². The van der Waals surface area contributed by atoms with Crippen molar-refractivity contribution in [1.82, 2.24) is 0 Å². The first kappa shape index (κ1) is 7.51. The zero-order valence-electron chi connectivity index (χ0n) is 5.17. The van der Waals surface area contributed by atoms with Crippen molar-refractivity contribution in [3.05, 3.63) is 30.3 Å². The predicted octanol–water partition coefficient (Wildman–Crippen LogP) is 2.62. The van der Waals surface area contributed by atoms with Crippen molar-refractivity contribution >= 4 is 34.0 Å². The number of thiocarbonyl (C=S) groups is 1. The third kappa shape index (κ3) is 2.33. The number of nitrogens with one attached hydrogen (secondary N) is 1. The molecule has 0 radical (unpaired) electrons. The standard InChI is InChI=1S/C7H6ClNS/c8-7(10)9-6-4-2-1-3-5-6/h1-5H,(H,9,10). The van der Waals surface area contributed by atoms with Crippen LogP contribution in [0.5, 0.6) is 0 Å². The molecule has 0 fully saturated rings. The molecule has 3 heteroatoms. The Morgan fingerprint density at radius 2 is 1.90 bits per heavy atom. The number of para-hydroxylation sites is 1. The van der Waals surface area contributed by atoms with Crippen LogP contribution in [0.1, 0.15) is 0 Å². The Bertz CT molecular complexity index is 222. The van der Waals surface area contributed by atoms with E-state index in [0.717, 1.165) is 5.69 Å². The molecule has 0 aliphatic carbocycles. The predicted molar refractivity (Wildman–Crippen MR) is 48.5 cm³/mol. The van der Waals surface area contributed by atoms with Crippen molar-refractivity contribution < 1.29 is 0 Å². The van der Waals surface area contributed by atoms with Crippen molar-refractivity contribution in [1.29, 1.82) is 0 Å². The maximum atomic E-state index is 5.43. The Morgan fingerprint density at radius 3 is 2.40 bits per heavy atom. The van der Waals surface area contributed by atoms with Gasteiger partial charge >= 0.3 is 0 Å². The number of benzene rings is 1. The van der Waals surface area contributed by atoms with Crippen LogP contribution in [0.15, 0.2) is 30.3 Å². The third-order valence-corrected chi connectivity index (χ3v) is 1.21. The van der Waals surface area contributed by atoms with Crippen LogP contribution in [0.4, 0.5) is 5.69 Å². The van der Waals surface area contributed by atoms with Crippen LogP contribution in [0.2, 0.25) is 0 Å². The van der Waals surface area contributed by atoms with Crippen LogP contribution < -0.4 is 5.32 Å². The van der Waals surface area contributed by atoms with Crippen LogP contribution in [0.25, 0.3) is 0 Å². The molecule has 0 amide bonds. The zero-order chi connectivity index (χ0) is 7.40. The first-order valence-corrected chi connectivity index (χ1v) is 3.59. The summed E-state index contributed by atoms with van der Waals surface area (Å²) in [5.41, 5.74) is 0.919. The lowest BCUT2D eigenvalue weighted by Crippen LogP contribution is -1.99. The Labute approximate surface area is 70.0 Å². The molecule has 0 heterocycles. The highest BCUT2D eigenvalue weighted by molar-refractivity contribution is 7.83. The molecule has 0 saturated heterocycles. The van der Waals surface area contributed by atoms with E-state index in [4.69, 9.17) is 11.6 Å². The summed E-state index contributed by atoms with van der Waals surface area (Å²) in [6.07, 6.45) is 0. The molecule has 0 bridgehead atoms. The molecule has 0 aliphatic rings. The van der Waals surface area contributed by atoms with Gasteiger partial charge in [-0.25, -0.2) is 0 Å². The highest BCUT2D eigenvalue weighted by atomic mass is 35.5. The minimum absolute atomic E-state index is 0.270. The SMILES string of the molecule is S=C(Cl)Nc1ccccc1. The number of halogens is 1. The lowest BCUT2D eigenvalue weighted by molar-refractivity contribution is 1.66. The fraction of sp³-hybridized carbons (Fsp3) is 0. The molecule has 10 heavy (non-hydrogen) atoms. The average molecular weight is 172 g/mol. The van der Waals surface area contributed by atoms with Crippen molar-refractivity contribution in [3.63, 3.8) is 0 Å². The van der Waals surface area contributed by atoms with Crippen LogP contribution in [0.3, 0.4) is 0 Å². The van der Waals surface area contributed by atoms with E-state index in [2.05, 4.69) is 17.5 Å². The van der Waals surface area contributed by atoms with Crippen molar-refractivity contribution in [3.8, 4) is 0 Å². The van der Waals surface area contributed by atoms with Crippen molar-refractivity contribution in [2.75, 3.05) is 5.32 Å². The second-order valence-corrected chi connectivity index (χ2v) is 2.78. The van der Waals surface area contributed by atoms with Crippen LogP contribution >= 0.6 is 23.8 Å². The van der Waals surface area contributed by atoms with Crippen LogP contribution in [-0.4, -0.2) is 4.45 Å². The second-order valence-electron chi connectivity index (χ2n) is 1.76. The number of rotatable bonds is 1. The molecule has 52 valence electrons. The monoisotopic (exact) mass is 171 g/mol. The van der Waals surface area contributed by atoms with E-state index in [-0.39, 0.29) is 4.45 Å². The van der Waals surface area contributed by atoms with Crippen LogP contribution in [-0.2, 0) is 0 Å². The minimum Gasteiger partial charge on any atom is -0.337 e. The van der Waals surface area contributed by atoms with E-state index in [1.54, 1.807) is 0 Å². The molecule has 0 spiro atoms. The maximum Gasteiger partial charge on any atom is 0.171 e. The number of hydrogen-bond donors (Lipinski definition) is 1. The van der Waals surface area contributed by atoms with E-state index in [0.29, 0.717) is 0 Å². The van der Waals surface area contributed by atoms with E-state index < -0.39 is 0 Å². The summed E-state index contributed by atoms with van der Waals surface area (Å²) in [5, 5.41) is 2.80. The Hall–Kier alpha value is -0.600. The summed E-state index contributed by atoms with van der Waals surface area (Å²) >= 11 is 10.1. The first-order chi connectivity index (χ1) is 4.79. The van der Waals surface area contributed by atoms with Gasteiger partial charge in [0, 0.05) is 5.69 Å². The van der Waals surface area contributed by atoms with Gasteiger partial charge in [0.15, 0.2) is 4.45 Å². The molecule has 0 unspecified atom stereocenters. The smallest absolute Gasteiger partial charge is 0.171 e. The van der Waals surface area contributed by atoms with E-state index in [9.17, 15) is 0 Å². The summed E-state index contributed by atoms with van der Waals surface area (Å²) in [7, 11) is 0. The van der Waals surface area contributed by atoms with Gasteiger partial charge in [-0.2, -0.15) is 0 Å². The van der Waals surface area contributed by atoms with Crippen molar-refractivity contribution in [2.24, 2.45) is 0 Å². The Kier molecular flexibility index (Phi) is 2.66. The minimum atomic E-state index is 0.270. The van der Waals surface area contributed by atoms with Gasteiger partial charge in [0.1, 0.15) is 0 Å². The van der Waals surface area contributed by atoms with E-state index in [1.165, 1.54) is 0 Å². The lowest BCUT2D eigenvalue weighted by Gasteiger charge is -1.99. The topological polar surface area (TPSA) is 12.0 Å². The summed E-state index contributed by atoms with van der Waals surface area (Å²) in [6.45, 7) is 0. The summed E-state index contributed by atoms with van der Waals surface area (Å²) in [5.74, 6) is 0. The molecule has 1 rings (SSSR count). The maximum absolute atomic E-state index is 5.43. The van der Waals surface area contributed by atoms with Gasteiger partial charge in [-0.15, -0.1) is 0 Å². The van der Waals surface area contributed by atoms with E-state index in [1.807, 2.05) is 30.3 Å². The molecular formula is C7H6ClNS. The van der Waals surface area contributed by atoms with Gasteiger partial charge in [-0.05, 0) is 24.4 Å². The normalized spacial score (nSPS) is 8.90. The highest BCUT2D eigenvalue weighted by Gasteiger charge is 1.88. The summed E-state index contributed by atoms with van der Waals surface area (Å²) in [6, 6.07) is 9.56. The van der Waals surface area contributed by atoms with Gasteiger partial charge in [0.2, 0.25) is 0 Å². The molecule has 1 aromatic rings. The third-order valence-electron chi connectivity index (χ3n) is 1.02. The Morgan fingerprint density at radius 1 is 1.30 bits per heavy atom. The fourth-order valence-electron chi connectivity index (χ4n) is 0.635. The van der Waals surface area contributed by atoms with Gasteiger partial charge in [0.25, 0.3) is 0 Å². The van der Waals surface area contributed by atoms with Gasteiger partial charge in [-0.1, -0.05) is 29.8 Å². The van der Waals surface area contributed by atoms with E-state index >= 15 is 0 Å². The Balaban J connectivity index is 2.67. The number of anilines is 1. The van der Waals surface area contributed by atoms with Crippen molar-refractivity contribution in [2.45, 2.75) is 0 Å².